The van der Waals surface area contributed by atoms with Crippen LogP contribution < -0.4 is 5.73 Å². The predicted molar refractivity (Wildman–Crippen MR) is 311 cm³/mol. The predicted octanol–water partition coefficient (Wildman–Crippen LogP) is 18.2. The summed E-state index contributed by atoms with van der Waals surface area (Å²) < 4.78 is 33.0. The van der Waals surface area contributed by atoms with Gasteiger partial charge in [0.05, 0.1) is 13.2 Å². The van der Waals surface area contributed by atoms with Crippen LogP contribution in [0.5, 0.6) is 0 Å². The topological polar surface area (TPSA) is 134 Å². The number of nitrogens with two attached hydrogens (primary N) is 1. The number of unbranched alkanes of at least 4 members (excludes halogenated alkanes) is 17. The molecule has 0 bridgehead atoms. The number of carbonyl (C=O) groups is 2. The zero-order valence-corrected chi connectivity index (χ0v) is 47.0. The van der Waals surface area contributed by atoms with E-state index in [1.54, 1.807) is 0 Å². The number of phosphoric acid groups is 1. The van der Waals surface area contributed by atoms with E-state index >= 15 is 0 Å². The molecular formula is C63H104NO8P. The summed E-state index contributed by atoms with van der Waals surface area (Å²) in [6.07, 6.45) is 80.7. The van der Waals surface area contributed by atoms with E-state index in [0.717, 1.165) is 135 Å². The molecule has 0 saturated heterocycles. The van der Waals surface area contributed by atoms with Crippen LogP contribution in [0.4, 0.5) is 0 Å². The Bertz CT molecular complexity index is 1650. The van der Waals surface area contributed by atoms with E-state index in [2.05, 4.69) is 148 Å². The molecule has 0 saturated carbocycles. The zero-order valence-electron chi connectivity index (χ0n) is 46.1. The van der Waals surface area contributed by atoms with Gasteiger partial charge in [0, 0.05) is 19.4 Å². The molecule has 0 aliphatic rings. The zero-order chi connectivity index (χ0) is 53.1. The molecule has 0 aromatic heterocycles. The van der Waals surface area contributed by atoms with E-state index in [4.69, 9.17) is 24.3 Å². The Morgan fingerprint density at radius 2 is 0.712 bits per heavy atom. The second-order valence-corrected chi connectivity index (χ2v) is 19.8. The van der Waals surface area contributed by atoms with Gasteiger partial charge >= 0.3 is 19.8 Å². The Labute approximate surface area is 446 Å². The Morgan fingerprint density at radius 1 is 0.411 bits per heavy atom. The highest BCUT2D eigenvalue weighted by Gasteiger charge is 2.26. The lowest BCUT2D eigenvalue weighted by atomic mass is 10.0. The van der Waals surface area contributed by atoms with Crippen LogP contribution in [-0.2, 0) is 32.7 Å². The fourth-order valence-electron chi connectivity index (χ4n) is 7.37. The van der Waals surface area contributed by atoms with Crippen LogP contribution >= 0.6 is 7.82 Å². The average Bonchev–Trinajstić information content (AvgIpc) is 3.38. The maximum absolute atomic E-state index is 12.7. The van der Waals surface area contributed by atoms with Crippen molar-refractivity contribution in [2.45, 2.75) is 225 Å². The molecule has 0 heterocycles. The number of esters is 2. The highest BCUT2D eigenvalue weighted by Crippen LogP contribution is 2.43. The summed E-state index contributed by atoms with van der Waals surface area (Å²) in [6, 6.07) is 0. The van der Waals surface area contributed by atoms with Crippen LogP contribution in [0.25, 0.3) is 0 Å². The first-order valence-electron chi connectivity index (χ1n) is 28.7. The number of hydrogen-bond donors (Lipinski definition) is 2. The summed E-state index contributed by atoms with van der Waals surface area (Å²) >= 11 is 0. The van der Waals surface area contributed by atoms with E-state index in [9.17, 15) is 19.0 Å². The van der Waals surface area contributed by atoms with E-state index in [1.807, 2.05) is 0 Å². The first kappa shape index (κ1) is 69.2. The van der Waals surface area contributed by atoms with Gasteiger partial charge in [-0.15, -0.1) is 0 Å². The number of rotatable bonds is 52. The van der Waals surface area contributed by atoms with Crippen molar-refractivity contribution >= 4 is 19.8 Å². The molecule has 0 aromatic rings. The smallest absolute Gasteiger partial charge is 0.462 e. The molecule has 414 valence electrons. The maximum atomic E-state index is 12.7. The van der Waals surface area contributed by atoms with Crippen molar-refractivity contribution in [2.75, 3.05) is 26.4 Å². The largest absolute Gasteiger partial charge is 0.472 e. The van der Waals surface area contributed by atoms with Crippen molar-refractivity contribution in [3.8, 4) is 0 Å². The van der Waals surface area contributed by atoms with Gasteiger partial charge < -0.3 is 20.1 Å². The molecule has 0 aliphatic heterocycles. The molecule has 0 amide bonds. The molecule has 0 aliphatic carbocycles. The lowest BCUT2D eigenvalue weighted by molar-refractivity contribution is -0.161. The monoisotopic (exact) mass is 1030 g/mol. The number of ether oxygens (including phenoxy) is 2. The van der Waals surface area contributed by atoms with Crippen molar-refractivity contribution < 1.29 is 37.6 Å². The van der Waals surface area contributed by atoms with Gasteiger partial charge in [-0.1, -0.05) is 231 Å². The van der Waals surface area contributed by atoms with E-state index in [1.165, 1.54) is 44.9 Å². The highest BCUT2D eigenvalue weighted by molar-refractivity contribution is 7.47. The summed E-state index contributed by atoms with van der Waals surface area (Å²) in [4.78, 5) is 35.2. The van der Waals surface area contributed by atoms with Crippen molar-refractivity contribution in [2.24, 2.45) is 5.73 Å². The van der Waals surface area contributed by atoms with Gasteiger partial charge in [-0.2, -0.15) is 0 Å². The minimum Gasteiger partial charge on any atom is -0.462 e. The number of phosphoric ester groups is 1. The fourth-order valence-corrected chi connectivity index (χ4v) is 8.14. The van der Waals surface area contributed by atoms with E-state index < -0.39 is 32.5 Å². The van der Waals surface area contributed by atoms with Crippen LogP contribution in [0.2, 0.25) is 0 Å². The Morgan fingerprint density at radius 3 is 1.05 bits per heavy atom. The van der Waals surface area contributed by atoms with Gasteiger partial charge in [-0.05, 0) is 109 Å². The van der Waals surface area contributed by atoms with Gasteiger partial charge in [0.15, 0.2) is 6.10 Å². The third-order valence-corrected chi connectivity index (χ3v) is 12.5. The Balaban J connectivity index is 4.02. The summed E-state index contributed by atoms with van der Waals surface area (Å²) in [6.45, 7) is 3.48. The maximum Gasteiger partial charge on any atom is 0.472 e. The molecule has 0 fully saturated rings. The van der Waals surface area contributed by atoms with Gasteiger partial charge in [-0.3, -0.25) is 18.6 Å². The molecule has 2 unspecified atom stereocenters. The third kappa shape index (κ3) is 57.3. The number of allylic oxidation sites excluding steroid dienone is 22. The fraction of sp³-hybridized carbons (Fsp3) is 0.619. The standard InChI is InChI=1S/C63H104NO8P/c1-3-5-7-9-11-13-15-17-19-21-23-24-25-26-27-28-29-30-31-32-33-34-35-36-38-40-42-44-46-48-50-52-54-56-63(66)72-61(60-71-73(67,68)70-58-57-64)59-69-62(65)55-53-51-49-47-45-43-41-39-37-22-20-18-16-14-12-10-8-6-4-2/h5-8,11-14,17-20,23-24,26-27,29-30,32-33,37,39,61H,3-4,9-10,15-16,21-22,25,28,31,34-36,38,40-60,64H2,1-2H3,(H,67,68)/b7-5-,8-6-,13-11-,14-12-,19-17-,20-18-,24-23-,27-26-,30-29-,33-32-,39-37-. The highest BCUT2D eigenvalue weighted by atomic mass is 31.2. The second kappa shape index (κ2) is 57.4. The van der Waals surface area contributed by atoms with Crippen LogP contribution in [0, 0.1) is 0 Å². The summed E-state index contributed by atoms with van der Waals surface area (Å²) in [7, 11) is -4.40. The number of hydrogen-bond acceptors (Lipinski definition) is 8. The average molecular weight is 1030 g/mol. The molecule has 2 atom stereocenters. The molecular weight excluding hydrogens is 930 g/mol. The molecule has 9 nitrogen and oxygen atoms in total. The Kier molecular flexibility index (Phi) is 54.4. The van der Waals surface area contributed by atoms with E-state index in [-0.39, 0.29) is 32.6 Å². The van der Waals surface area contributed by atoms with Gasteiger partial charge in [0.2, 0.25) is 0 Å². The van der Waals surface area contributed by atoms with Crippen molar-refractivity contribution in [3.05, 3.63) is 134 Å². The first-order valence-corrected chi connectivity index (χ1v) is 30.2. The molecule has 73 heavy (non-hydrogen) atoms. The van der Waals surface area contributed by atoms with Crippen LogP contribution in [0.3, 0.4) is 0 Å². The number of carbonyl (C=O) groups excluding carboxylic acids is 2. The first-order chi connectivity index (χ1) is 35.8. The van der Waals surface area contributed by atoms with Gasteiger partial charge in [0.25, 0.3) is 0 Å². The lowest BCUT2D eigenvalue weighted by Crippen LogP contribution is -2.29. The minimum atomic E-state index is -4.40. The molecule has 10 heteroatoms. The molecule has 3 N–H and O–H groups in total. The molecule has 0 aromatic carbocycles. The summed E-state index contributed by atoms with van der Waals surface area (Å²) in [5.41, 5.74) is 5.38. The van der Waals surface area contributed by atoms with Crippen molar-refractivity contribution in [1.82, 2.24) is 0 Å². The van der Waals surface area contributed by atoms with Crippen molar-refractivity contribution in [1.29, 1.82) is 0 Å². The lowest BCUT2D eigenvalue weighted by Gasteiger charge is -2.19. The van der Waals surface area contributed by atoms with Crippen LogP contribution in [-0.4, -0.2) is 49.3 Å². The van der Waals surface area contributed by atoms with E-state index in [0.29, 0.717) is 12.8 Å². The summed E-state index contributed by atoms with van der Waals surface area (Å²) in [5, 5.41) is 0. The molecule has 0 radical (unpaired) electrons. The van der Waals surface area contributed by atoms with Crippen LogP contribution in [0.15, 0.2) is 134 Å². The van der Waals surface area contributed by atoms with Gasteiger partial charge in [0.1, 0.15) is 6.61 Å². The van der Waals surface area contributed by atoms with Gasteiger partial charge in [-0.25, -0.2) is 4.57 Å². The summed E-state index contributed by atoms with van der Waals surface area (Å²) in [5.74, 6) is -0.855. The van der Waals surface area contributed by atoms with Crippen molar-refractivity contribution in [3.63, 3.8) is 0 Å². The molecule has 0 spiro atoms. The quantitative estimate of drug-likeness (QED) is 0.0264. The normalized spacial score (nSPS) is 14.1. The third-order valence-electron chi connectivity index (χ3n) is 11.5. The van der Waals surface area contributed by atoms with Crippen LogP contribution in [0.1, 0.15) is 219 Å². The molecule has 0 rings (SSSR count). The second-order valence-electron chi connectivity index (χ2n) is 18.4. The SMILES string of the molecule is CC/C=C\C/C=C\C/C=C\C/C=C\C/C=C\C/C=C\C/C=C\CCCCCCCCCCCCCC(=O)OC(COC(=O)CCCCCCCC/C=C\C/C=C\C/C=C\C/C=C\CC)COP(=O)(O)OCCN. The Hall–Kier alpha value is -3.85. The minimum absolute atomic E-state index is 0.0439.